The van der Waals surface area contributed by atoms with E-state index in [9.17, 15) is 5.11 Å². The van der Waals surface area contributed by atoms with E-state index in [1.54, 1.807) is 0 Å². The molecule has 2 rings (SSSR count). The normalized spacial score (nSPS) is 28.3. The third-order valence-corrected chi connectivity index (χ3v) is 4.66. The van der Waals surface area contributed by atoms with Crippen LogP contribution in [0.5, 0.6) is 0 Å². The molecule has 1 saturated carbocycles. The number of aliphatic hydroxyl groups excluding tert-OH is 1. The van der Waals surface area contributed by atoms with Gasteiger partial charge in [0.05, 0.1) is 12.2 Å². The third-order valence-electron chi connectivity index (χ3n) is 4.66. The molecule has 1 aliphatic heterocycles. The van der Waals surface area contributed by atoms with Gasteiger partial charge in [-0.05, 0) is 44.4 Å². The van der Waals surface area contributed by atoms with Crippen molar-refractivity contribution in [2.24, 2.45) is 5.92 Å². The molecule has 1 N–H and O–H groups in total. The average molecular weight is 318 g/mol. The van der Waals surface area contributed by atoms with Crippen LogP contribution in [0.2, 0.25) is 0 Å². The van der Waals surface area contributed by atoms with Gasteiger partial charge in [0.25, 0.3) is 0 Å². The minimum atomic E-state index is -0.576. The summed E-state index contributed by atoms with van der Waals surface area (Å²) < 4.78 is 12.1. The number of hydrogen-bond donors (Lipinski definition) is 1. The van der Waals surface area contributed by atoms with Crippen molar-refractivity contribution in [1.82, 2.24) is 0 Å². The Hall–Kier alpha value is -1.00. The van der Waals surface area contributed by atoms with Gasteiger partial charge in [0.1, 0.15) is 6.10 Å². The van der Waals surface area contributed by atoms with Gasteiger partial charge in [0.15, 0.2) is 5.79 Å². The molecule has 0 aromatic carbocycles. The molecule has 3 atom stereocenters. The maximum atomic E-state index is 9.38. The molecule has 2 aliphatic rings. The molecule has 1 saturated heterocycles. The molecule has 3 heteroatoms. The maximum absolute atomic E-state index is 9.38. The summed E-state index contributed by atoms with van der Waals surface area (Å²) in [6, 6.07) is 0. The molecular weight excluding hydrogens is 288 g/mol. The Morgan fingerprint density at radius 2 is 1.78 bits per heavy atom. The van der Waals surface area contributed by atoms with Crippen LogP contribution in [0.3, 0.4) is 0 Å². The van der Waals surface area contributed by atoms with Crippen LogP contribution in [0.15, 0.2) is 0 Å². The minimum absolute atomic E-state index is 0.0253. The van der Waals surface area contributed by atoms with Gasteiger partial charge in [0.2, 0.25) is 0 Å². The van der Waals surface area contributed by atoms with E-state index in [-0.39, 0.29) is 12.2 Å². The summed E-state index contributed by atoms with van der Waals surface area (Å²) in [5.41, 5.74) is 0. The fraction of sp³-hybridized carbons (Fsp3) is 0.800. The maximum Gasteiger partial charge on any atom is 0.163 e. The molecule has 0 amide bonds. The van der Waals surface area contributed by atoms with Crippen molar-refractivity contribution in [2.75, 3.05) is 0 Å². The highest BCUT2D eigenvalue weighted by atomic mass is 16.7. The summed E-state index contributed by atoms with van der Waals surface area (Å²) >= 11 is 0. The molecule has 2 fully saturated rings. The van der Waals surface area contributed by atoms with Crippen molar-refractivity contribution in [2.45, 2.75) is 96.2 Å². The van der Waals surface area contributed by atoms with Gasteiger partial charge in [-0.2, -0.15) is 0 Å². The standard InChI is InChI=1S/C20H30O3/c1-4-17(21)13-9-6-10-14-18-19(23-20(2,3)22-18)15-16-11-7-5-8-12-16/h16-19,21H,4-5,7-8,11-12,14-15H2,1-3H3/t17-,18-,19-/m1/s1. The Kier molecular flexibility index (Phi) is 6.97. The average Bonchev–Trinajstić information content (AvgIpc) is 2.81. The highest BCUT2D eigenvalue weighted by Gasteiger charge is 2.41. The summed E-state index contributed by atoms with van der Waals surface area (Å²) in [5.74, 6) is 11.6. The smallest absolute Gasteiger partial charge is 0.163 e. The van der Waals surface area contributed by atoms with Crippen molar-refractivity contribution in [3.8, 4) is 23.7 Å². The van der Waals surface area contributed by atoms with Gasteiger partial charge in [0, 0.05) is 6.42 Å². The van der Waals surface area contributed by atoms with Crippen LogP contribution in [0.4, 0.5) is 0 Å². The lowest BCUT2D eigenvalue weighted by Gasteiger charge is -2.25. The largest absolute Gasteiger partial charge is 0.380 e. The topological polar surface area (TPSA) is 38.7 Å². The van der Waals surface area contributed by atoms with Crippen molar-refractivity contribution < 1.29 is 14.6 Å². The Bertz CT molecular complexity index is 482. The molecule has 0 radical (unpaired) electrons. The quantitative estimate of drug-likeness (QED) is 0.804. The van der Waals surface area contributed by atoms with E-state index in [0.29, 0.717) is 12.8 Å². The number of rotatable bonds is 4. The van der Waals surface area contributed by atoms with Crippen LogP contribution in [0, 0.1) is 29.6 Å². The van der Waals surface area contributed by atoms with Crippen LogP contribution in [0.25, 0.3) is 0 Å². The van der Waals surface area contributed by atoms with E-state index >= 15 is 0 Å². The zero-order valence-corrected chi connectivity index (χ0v) is 14.7. The fourth-order valence-electron chi connectivity index (χ4n) is 3.45. The van der Waals surface area contributed by atoms with E-state index in [1.807, 2.05) is 20.8 Å². The van der Waals surface area contributed by atoms with Crippen molar-refractivity contribution in [3.05, 3.63) is 0 Å². The zero-order valence-electron chi connectivity index (χ0n) is 14.7. The van der Waals surface area contributed by atoms with Gasteiger partial charge in [-0.25, -0.2) is 0 Å². The second-order valence-electron chi connectivity index (χ2n) is 7.15. The van der Waals surface area contributed by atoms with E-state index in [1.165, 1.54) is 32.1 Å². The second kappa shape index (κ2) is 8.74. The number of hydrogen-bond acceptors (Lipinski definition) is 3. The molecule has 1 aliphatic carbocycles. The lowest BCUT2D eigenvalue weighted by molar-refractivity contribution is -0.147. The Morgan fingerprint density at radius 3 is 2.48 bits per heavy atom. The molecule has 0 aromatic rings. The lowest BCUT2D eigenvalue weighted by atomic mass is 9.84. The Balaban J connectivity index is 1.89. The van der Waals surface area contributed by atoms with Crippen LogP contribution >= 0.6 is 0 Å². The van der Waals surface area contributed by atoms with Crippen LogP contribution in [-0.2, 0) is 9.47 Å². The van der Waals surface area contributed by atoms with E-state index in [2.05, 4.69) is 23.7 Å². The molecule has 0 unspecified atom stereocenters. The molecule has 0 bridgehead atoms. The molecule has 0 aromatic heterocycles. The van der Waals surface area contributed by atoms with Gasteiger partial charge >= 0.3 is 0 Å². The van der Waals surface area contributed by atoms with Gasteiger partial charge < -0.3 is 14.6 Å². The lowest BCUT2D eigenvalue weighted by Crippen LogP contribution is -2.26. The monoisotopic (exact) mass is 318 g/mol. The molecular formula is C20H30O3. The molecule has 3 nitrogen and oxygen atoms in total. The molecule has 1 heterocycles. The Morgan fingerprint density at radius 1 is 1.09 bits per heavy atom. The second-order valence-corrected chi connectivity index (χ2v) is 7.15. The summed E-state index contributed by atoms with van der Waals surface area (Å²) in [6.45, 7) is 5.85. The van der Waals surface area contributed by atoms with E-state index < -0.39 is 11.9 Å². The molecule has 128 valence electrons. The Labute approximate surface area is 141 Å². The SMILES string of the molecule is CC[C@@H](O)C#CC#CC[C@H]1OC(C)(C)O[C@@H]1CC1CCCCC1. The summed E-state index contributed by atoms with van der Waals surface area (Å²) in [4.78, 5) is 0. The van der Waals surface area contributed by atoms with Crippen molar-refractivity contribution in [1.29, 1.82) is 0 Å². The highest BCUT2D eigenvalue weighted by molar-refractivity contribution is 5.27. The minimum Gasteiger partial charge on any atom is -0.380 e. The van der Waals surface area contributed by atoms with Gasteiger partial charge in [-0.15, -0.1) is 0 Å². The number of aliphatic hydroxyl groups is 1. The number of ether oxygens (including phenoxy) is 2. The van der Waals surface area contributed by atoms with Gasteiger partial charge in [-0.3, -0.25) is 0 Å². The van der Waals surface area contributed by atoms with Gasteiger partial charge in [-0.1, -0.05) is 50.9 Å². The summed E-state index contributed by atoms with van der Waals surface area (Å²) in [6.07, 6.45) is 8.64. The van der Waals surface area contributed by atoms with E-state index in [0.717, 1.165) is 12.3 Å². The van der Waals surface area contributed by atoms with Crippen LogP contribution in [-0.4, -0.2) is 29.2 Å². The predicted octanol–water partition coefficient (Wildman–Crippen LogP) is 3.64. The van der Waals surface area contributed by atoms with Crippen molar-refractivity contribution >= 4 is 0 Å². The highest BCUT2D eigenvalue weighted by Crippen LogP contribution is 2.36. The fourth-order valence-corrected chi connectivity index (χ4v) is 3.45. The van der Waals surface area contributed by atoms with E-state index in [4.69, 9.17) is 9.47 Å². The van der Waals surface area contributed by atoms with Crippen molar-refractivity contribution in [3.63, 3.8) is 0 Å². The van der Waals surface area contributed by atoms with Crippen LogP contribution in [0.1, 0.15) is 72.1 Å². The first-order chi connectivity index (χ1) is 11.0. The first-order valence-corrected chi connectivity index (χ1v) is 9.02. The first kappa shape index (κ1) is 18.3. The molecule has 0 spiro atoms. The van der Waals surface area contributed by atoms with Crippen LogP contribution < -0.4 is 0 Å². The summed E-state index contributed by atoms with van der Waals surface area (Å²) in [5, 5.41) is 9.38. The first-order valence-electron chi connectivity index (χ1n) is 9.02. The summed E-state index contributed by atoms with van der Waals surface area (Å²) in [7, 11) is 0. The predicted molar refractivity (Wildman–Crippen MR) is 91.5 cm³/mol. The molecule has 23 heavy (non-hydrogen) atoms. The third kappa shape index (κ3) is 6.19. The zero-order chi connectivity index (χ0) is 16.7.